The zero-order chi connectivity index (χ0) is 26.8. The Hall–Kier alpha value is -3.09. The molecule has 8 nitrogen and oxygen atoms in total. The number of aromatic nitrogens is 1. The Labute approximate surface area is 213 Å². The third-order valence-corrected chi connectivity index (χ3v) is 5.72. The second-order valence-electron chi connectivity index (χ2n) is 9.11. The third kappa shape index (κ3) is 6.99. The highest BCUT2D eigenvalue weighted by Crippen LogP contribution is 2.35. The topological polar surface area (TPSA) is 84.0 Å². The van der Waals surface area contributed by atoms with Gasteiger partial charge in [0.1, 0.15) is 11.4 Å². The van der Waals surface area contributed by atoms with Gasteiger partial charge in [0, 0.05) is 25.7 Å². The van der Waals surface area contributed by atoms with Crippen LogP contribution in [0.5, 0.6) is 5.75 Å². The predicted octanol–water partition coefficient (Wildman–Crippen LogP) is 5.58. The van der Waals surface area contributed by atoms with Gasteiger partial charge in [0.15, 0.2) is 11.6 Å². The molecule has 1 atom stereocenters. The molecule has 196 valence electrons. The number of hydrogen-bond donors (Lipinski definition) is 1. The molecule has 1 saturated heterocycles. The van der Waals surface area contributed by atoms with Gasteiger partial charge in [0.25, 0.3) is 5.91 Å². The number of anilines is 2. The molecule has 0 bridgehead atoms. The van der Waals surface area contributed by atoms with Crippen LogP contribution < -0.4 is 15.0 Å². The van der Waals surface area contributed by atoms with Crippen LogP contribution in [0.1, 0.15) is 38.1 Å². The number of hydrogen-bond acceptors (Lipinski definition) is 6. The molecular weight excluding hydrogens is 552 g/mol. The monoisotopic (exact) mass is 576 g/mol. The van der Waals surface area contributed by atoms with Crippen molar-refractivity contribution < 1.29 is 36.6 Å². The molecule has 2 heterocycles. The van der Waals surface area contributed by atoms with E-state index in [9.17, 15) is 27.2 Å². The number of benzene rings is 1. The van der Waals surface area contributed by atoms with Crippen molar-refractivity contribution in [2.24, 2.45) is 0 Å². The molecule has 0 radical (unpaired) electrons. The lowest BCUT2D eigenvalue weighted by atomic mass is 10.1. The lowest BCUT2D eigenvalue weighted by Crippen LogP contribution is -2.54. The van der Waals surface area contributed by atoms with Crippen molar-refractivity contribution in [2.75, 3.05) is 29.9 Å². The molecule has 0 saturated carbocycles. The fraction of sp³-hybridized carbons (Fsp3) is 0.435. The standard InChI is InChI=1S/C23H25BrF4N4O4/c1-13-12-31(21(34)36-22(2,3)4)9-10-32(13)17-8-5-14(11-29-17)30-20(33)15-6-7-16(24)19(18(15)25)35-23(26,27)28/h5-8,11,13H,9-10,12H2,1-4H3,(H,30,33). The first-order valence-electron chi connectivity index (χ1n) is 10.9. The first-order valence-corrected chi connectivity index (χ1v) is 11.7. The summed E-state index contributed by atoms with van der Waals surface area (Å²) >= 11 is 2.78. The zero-order valence-electron chi connectivity index (χ0n) is 19.9. The largest absolute Gasteiger partial charge is 0.573 e. The maximum atomic E-state index is 14.6. The molecule has 1 fully saturated rings. The van der Waals surface area contributed by atoms with E-state index in [4.69, 9.17) is 4.74 Å². The van der Waals surface area contributed by atoms with E-state index in [2.05, 4.69) is 31.0 Å². The van der Waals surface area contributed by atoms with Crippen LogP contribution in [0.25, 0.3) is 0 Å². The summed E-state index contributed by atoms with van der Waals surface area (Å²) in [6.45, 7) is 8.71. The molecule has 1 aromatic heterocycles. The summed E-state index contributed by atoms with van der Waals surface area (Å²) in [5.41, 5.74) is -1.01. The highest BCUT2D eigenvalue weighted by Gasteiger charge is 2.35. The molecule has 0 spiro atoms. The van der Waals surface area contributed by atoms with Gasteiger partial charge in [-0.25, -0.2) is 14.2 Å². The molecule has 36 heavy (non-hydrogen) atoms. The van der Waals surface area contributed by atoms with Gasteiger partial charge in [-0.15, -0.1) is 13.2 Å². The number of rotatable bonds is 4. The van der Waals surface area contributed by atoms with Crippen LogP contribution in [0.2, 0.25) is 0 Å². The van der Waals surface area contributed by atoms with Crippen molar-refractivity contribution in [1.29, 1.82) is 0 Å². The quantitative estimate of drug-likeness (QED) is 0.478. The van der Waals surface area contributed by atoms with Crippen molar-refractivity contribution in [2.45, 2.75) is 45.7 Å². The fourth-order valence-electron chi connectivity index (χ4n) is 3.54. The summed E-state index contributed by atoms with van der Waals surface area (Å²) in [5.74, 6) is -2.97. The summed E-state index contributed by atoms with van der Waals surface area (Å²) in [5, 5.41) is 2.41. The smallest absolute Gasteiger partial charge is 0.444 e. The van der Waals surface area contributed by atoms with Gasteiger partial charge < -0.3 is 24.6 Å². The maximum Gasteiger partial charge on any atom is 0.573 e. The number of alkyl halides is 3. The number of nitrogens with zero attached hydrogens (tertiary/aromatic N) is 3. The fourth-order valence-corrected chi connectivity index (χ4v) is 3.92. The molecule has 1 unspecified atom stereocenters. The van der Waals surface area contributed by atoms with Gasteiger partial charge in [-0.1, -0.05) is 0 Å². The number of ether oxygens (including phenoxy) is 2. The molecule has 13 heteroatoms. The molecule has 2 aromatic rings. The van der Waals surface area contributed by atoms with Gasteiger partial charge >= 0.3 is 12.5 Å². The van der Waals surface area contributed by atoms with Crippen LogP contribution in [0.15, 0.2) is 34.9 Å². The highest BCUT2D eigenvalue weighted by molar-refractivity contribution is 9.10. The van der Waals surface area contributed by atoms with Crippen molar-refractivity contribution >= 4 is 39.4 Å². The van der Waals surface area contributed by atoms with Crippen molar-refractivity contribution in [3.63, 3.8) is 0 Å². The van der Waals surface area contributed by atoms with E-state index in [1.807, 2.05) is 11.8 Å². The molecule has 2 amide bonds. The van der Waals surface area contributed by atoms with E-state index in [1.165, 1.54) is 12.3 Å². The lowest BCUT2D eigenvalue weighted by Gasteiger charge is -2.40. The van der Waals surface area contributed by atoms with E-state index < -0.39 is 35.0 Å². The van der Waals surface area contributed by atoms with Crippen LogP contribution in [0.4, 0.5) is 33.9 Å². The number of carbonyl (C=O) groups is 2. The van der Waals surface area contributed by atoms with Gasteiger partial charge in [-0.2, -0.15) is 0 Å². The summed E-state index contributed by atoms with van der Waals surface area (Å²) in [6, 6.07) is 5.23. The van der Waals surface area contributed by atoms with E-state index >= 15 is 0 Å². The van der Waals surface area contributed by atoms with E-state index in [1.54, 1.807) is 31.7 Å². The molecule has 0 aliphatic carbocycles. The van der Waals surface area contributed by atoms with Gasteiger partial charge in [-0.3, -0.25) is 4.79 Å². The minimum Gasteiger partial charge on any atom is -0.444 e. The number of piperazine rings is 1. The van der Waals surface area contributed by atoms with E-state index in [0.717, 1.165) is 12.1 Å². The van der Waals surface area contributed by atoms with Gasteiger partial charge in [-0.05, 0) is 67.9 Å². The average Bonchev–Trinajstić information content (AvgIpc) is 2.75. The van der Waals surface area contributed by atoms with Crippen molar-refractivity contribution in [3.8, 4) is 5.75 Å². The summed E-state index contributed by atoms with van der Waals surface area (Å²) in [7, 11) is 0. The summed E-state index contributed by atoms with van der Waals surface area (Å²) < 4.78 is 61.1. The minimum atomic E-state index is -5.13. The number of pyridine rings is 1. The van der Waals surface area contributed by atoms with Crippen LogP contribution in [-0.2, 0) is 4.74 Å². The number of halogens is 5. The lowest BCUT2D eigenvalue weighted by molar-refractivity contribution is -0.275. The van der Waals surface area contributed by atoms with Gasteiger partial charge in [0.05, 0.1) is 21.9 Å². The Bertz CT molecular complexity index is 1120. The highest BCUT2D eigenvalue weighted by atomic mass is 79.9. The molecule has 1 N–H and O–H groups in total. The Morgan fingerprint density at radius 2 is 1.83 bits per heavy atom. The Morgan fingerprint density at radius 1 is 1.14 bits per heavy atom. The van der Waals surface area contributed by atoms with Crippen molar-refractivity contribution in [1.82, 2.24) is 9.88 Å². The first kappa shape index (κ1) is 27.5. The van der Waals surface area contributed by atoms with E-state index in [-0.39, 0.29) is 22.3 Å². The number of carbonyl (C=O) groups excluding carboxylic acids is 2. The predicted molar refractivity (Wildman–Crippen MR) is 128 cm³/mol. The summed E-state index contributed by atoms with van der Waals surface area (Å²) in [6.07, 6.45) is -4.17. The molecule has 1 aromatic carbocycles. The zero-order valence-corrected chi connectivity index (χ0v) is 21.5. The Kier molecular flexibility index (Phi) is 8.01. The Balaban J connectivity index is 1.66. The maximum absolute atomic E-state index is 14.6. The second-order valence-corrected chi connectivity index (χ2v) is 9.97. The SMILES string of the molecule is CC1CN(C(=O)OC(C)(C)C)CCN1c1ccc(NC(=O)c2ccc(Br)c(OC(F)(F)F)c2F)cn1. The van der Waals surface area contributed by atoms with Gasteiger partial charge in [0.2, 0.25) is 0 Å². The Morgan fingerprint density at radius 3 is 2.39 bits per heavy atom. The minimum absolute atomic E-state index is 0.0666. The normalized spacial score (nSPS) is 16.5. The van der Waals surface area contributed by atoms with Crippen molar-refractivity contribution in [3.05, 3.63) is 46.3 Å². The number of amides is 2. The van der Waals surface area contributed by atoms with Crippen LogP contribution >= 0.6 is 15.9 Å². The summed E-state index contributed by atoms with van der Waals surface area (Å²) in [4.78, 5) is 32.8. The molecular formula is C23H25BrF4N4O4. The molecule has 1 aliphatic rings. The number of nitrogens with one attached hydrogen (secondary N) is 1. The average molecular weight is 577 g/mol. The second kappa shape index (κ2) is 10.5. The third-order valence-electron chi connectivity index (χ3n) is 5.09. The van der Waals surface area contributed by atoms with Crippen LogP contribution in [-0.4, -0.2) is 59.5 Å². The molecule has 3 rings (SSSR count). The first-order chi connectivity index (χ1) is 16.6. The molecule has 1 aliphatic heterocycles. The van der Waals surface area contributed by atoms with E-state index in [0.29, 0.717) is 25.5 Å². The van der Waals surface area contributed by atoms with Crippen LogP contribution in [0.3, 0.4) is 0 Å². The van der Waals surface area contributed by atoms with Crippen LogP contribution in [0, 0.1) is 5.82 Å².